The average Bonchev–Trinajstić information content (AvgIpc) is 3.02. The molecule has 3 rings (SSSR count). The monoisotopic (exact) mass is 341 g/mol. The summed E-state index contributed by atoms with van der Waals surface area (Å²) in [7, 11) is 0. The largest absolute Gasteiger partial charge is 0.481 e. The first-order chi connectivity index (χ1) is 12.0. The van der Waals surface area contributed by atoms with Crippen molar-refractivity contribution >= 4 is 11.9 Å². The Morgan fingerprint density at radius 3 is 2.96 bits per heavy atom. The van der Waals surface area contributed by atoms with Crippen LogP contribution in [0.2, 0.25) is 0 Å². The maximum atomic E-state index is 12.5. The fraction of sp³-hybridized carbons (Fsp3) is 0.421. The standard InChI is InChI=1S/C19H23N3O3/c1-13-5-4-6-14(9-13)10-15(19(24)25)11-20-18(23)16-12-21-22-8-3-2-7-17(16)22/h4-6,9,12,15H,2-3,7-8,10-11H2,1H3,(H,20,23)(H,24,25). The molecule has 0 spiro atoms. The second-order valence-electron chi connectivity index (χ2n) is 6.62. The molecule has 132 valence electrons. The normalized spacial score (nSPS) is 14.6. The highest BCUT2D eigenvalue weighted by atomic mass is 16.4. The zero-order valence-electron chi connectivity index (χ0n) is 14.4. The molecule has 1 unspecified atom stereocenters. The number of carboxylic acids is 1. The average molecular weight is 341 g/mol. The van der Waals surface area contributed by atoms with E-state index in [1.54, 1.807) is 6.20 Å². The maximum absolute atomic E-state index is 12.5. The van der Waals surface area contributed by atoms with Gasteiger partial charge in [0.2, 0.25) is 0 Å². The molecule has 6 nitrogen and oxygen atoms in total. The van der Waals surface area contributed by atoms with Crippen LogP contribution < -0.4 is 5.32 Å². The molecule has 0 aliphatic carbocycles. The van der Waals surface area contributed by atoms with Crippen molar-refractivity contribution < 1.29 is 14.7 Å². The third kappa shape index (κ3) is 4.07. The van der Waals surface area contributed by atoms with Gasteiger partial charge in [-0.15, -0.1) is 0 Å². The Labute approximate surface area is 146 Å². The molecular weight excluding hydrogens is 318 g/mol. The van der Waals surface area contributed by atoms with Crippen LogP contribution in [0.1, 0.15) is 40.0 Å². The van der Waals surface area contributed by atoms with Gasteiger partial charge in [-0.3, -0.25) is 14.3 Å². The first-order valence-corrected chi connectivity index (χ1v) is 8.66. The Bertz CT molecular complexity index is 782. The van der Waals surface area contributed by atoms with Crippen molar-refractivity contribution in [3.63, 3.8) is 0 Å². The fourth-order valence-electron chi connectivity index (χ4n) is 3.29. The summed E-state index contributed by atoms with van der Waals surface area (Å²) in [5, 5.41) is 16.5. The Kier molecular flexibility index (Phi) is 5.16. The number of hydrogen-bond donors (Lipinski definition) is 2. The number of aromatic nitrogens is 2. The third-order valence-corrected chi connectivity index (χ3v) is 4.65. The van der Waals surface area contributed by atoms with Crippen molar-refractivity contribution in [1.29, 1.82) is 0 Å². The number of nitrogens with one attached hydrogen (secondary N) is 1. The van der Waals surface area contributed by atoms with Gasteiger partial charge in [0.1, 0.15) is 0 Å². The highest BCUT2D eigenvalue weighted by molar-refractivity contribution is 5.95. The quantitative estimate of drug-likeness (QED) is 0.844. The minimum Gasteiger partial charge on any atom is -0.481 e. The van der Waals surface area contributed by atoms with Crippen LogP contribution in [0.5, 0.6) is 0 Å². The second-order valence-corrected chi connectivity index (χ2v) is 6.62. The number of amides is 1. The Hall–Kier alpha value is -2.63. The number of aryl methyl sites for hydroxylation is 2. The summed E-state index contributed by atoms with van der Waals surface area (Å²) >= 11 is 0. The minimum atomic E-state index is -0.904. The lowest BCUT2D eigenvalue weighted by molar-refractivity contribution is -0.141. The number of benzene rings is 1. The molecule has 6 heteroatoms. The van der Waals surface area contributed by atoms with Gasteiger partial charge in [-0.2, -0.15) is 5.10 Å². The second kappa shape index (κ2) is 7.51. The van der Waals surface area contributed by atoms with Gasteiger partial charge in [-0.05, 0) is 38.2 Å². The van der Waals surface area contributed by atoms with Gasteiger partial charge in [-0.1, -0.05) is 29.8 Å². The summed E-state index contributed by atoms with van der Waals surface area (Å²) < 4.78 is 1.87. The molecule has 1 aliphatic heterocycles. The van der Waals surface area contributed by atoms with Gasteiger partial charge < -0.3 is 10.4 Å². The molecule has 1 amide bonds. The van der Waals surface area contributed by atoms with Crippen LogP contribution in [0.15, 0.2) is 30.5 Å². The lowest BCUT2D eigenvalue weighted by Gasteiger charge is -2.16. The van der Waals surface area contributed by atoms with Crippen LogP contribution >= 0.6 is 0 Å². The summed E-state index contributed by atoms with van der Waals surface area (Å²) in [6.45, 7) is 2.92. The van der Waals surface area contributed by atoms with Crippen molar-refractivity contribution in [3.8, 4) is 0 Å². The van der Waals surface area contributed by atoms with E-state index in [0.29, 0.717) is 12.0 Å². The van der Waals surface area contributed by atoms with E-state index in [1.807, 2.05) is 35.9 Å². The van der Waals surface area contributed by atoms with E-state index >= 15 is 0 Å². The minimum absolute atomic E-state index is 0.104. The number of fused-ring (bicyclic) bond motifs is 1. The summed E-state index contributed by atoms with van der Waals surface area (Å²) in [5.74, 6) is -1.80. The lowest BCUT2D eigenvalue weighted by atomic mass is 9.98. The molecule has 0 radical (unpaired) electrons. The molecule has 0 saturated carbocycles. The maximum Gasteiger partial charge on any atom is 0.308 e. The zero-order valence-corrected chi connectivity index (χ0v) is 14.4. The van der Waals surface area contributed by atoms with Gasteiger partial charge >= 0.3 is 5.97 Å². The molecular formula is C19H23N3O3. The summed E-state index contributed by atoms with van der Waals surface area (Å²) in [6, 6.07) is 7.79. The van der Waals surface area contributed by atoms with E-state index in [9.17, 15) is 14.7 Å². The molecule has 1 aromatic heterocycles. The van der Waals surface area contributed by atoms with Crippen molar-refractivity contribution in [2.45, 2.75) is 39.2 Å². The van der Waals surface area contributed by atoms with Crippen LogP contribution in [-0.2, 0) is 24.2 Å². The summed E-state index contributed by atoms with van der Waals surface area (Å²) in [4.78, 5) is 24.0. The molecule has 1 aromatic carbocycles. The highest BCUT2D eigenvalue weighted by Gasteiger charge is 2.23. The van der Waals surface area contributed by atoms with E-state index in [-0.39, 0.29) is 12.5 Å². The van der Waals surface area contributed by atoms with Crippen molar-refractivity contribution in [1.82, 2.24) is 15.1 Å². The molecule has 1 aliphatic rings. The van der Waals surface area contributed by atoms with Gasteiger partial charge in [0, 0.05) is 13.1 Å². The van der Waals surface area contributed by atoms with E-state index in [2.05, 4.69) is 10.4 Å². The SMILES string of the molecule is Cc1cccc(CC(CNC(=O)c2cnn3c2CCCC3)C(=O)O)c1. The summed E-state index contributed by atoms with van der Waals surface area (Å²) in [5.41, 5.74) is 3.58. The number of nitrogens with zero attached hydrogens (tertiary/aromatic N) is 2. The van der Waals surface area contributed by atoms with Gasteiger partial charge in [0.05, 0.1) is 23.4 Å². The Morgan fingerprint density at radius 2 is 2.20 bits per heavy atom. The summed E-state index contributed by atoms with van der Waals surface area (Å²) in [6.07, 6.45) is 4.95. The van der Waals surface area contributed by atoms with Crippen LogP contribution in [0, 0.1) is 12.8 Å². The number of carbonyl (C=O) groups is 2. The van der Waals surface area contributed by atoms with Crippen molar-refractivity contribution in [3.05, 3.63) is 52.8 Å². The van der Waals surface area contributed by atoms with E-state index in [0.717, 1.165) is 42.6 Å². The predicted octanol–water partition coefficient (Wildman–Crippen LogP) is 2.20. The first kappa shape index (κ1) is 17.2. The first-order valence-electron chi connectivity index (χ1n) is 8.66. The van der Waals surface area contributed by atoms with Crippen LogP contribution in [0.25, 0.3) is 0 Å². The zero-order chi connectivity index (χ0) is 17.8. The number of hydrogen-bond acceptors (Lipinski definition) is 3. The molecule has 0 saturated heterocycles. The number of carboxylic acid groups (broad SMARTS) is 1. The smallest absolute Gasteiger partial charge is 0.308 e. The molecule has 1 atom stereocenters. The topological polar surface area (TPSA) is 84.2 Å². The fourth-order valence-corrected chi connectivity index (χ4v) is 3.29. The Morgan fingerprint density at radius 1 is 1.36 bits per heavy atom. The van der Waals surface area contributed by atoms with Crippen molar-refractivity contribution in [2.24, 2.45) is 5.92 Å². The number of carbonyl (C=O) groups excluding carboxylic acids is 1. The molecule has 2 N–H and O–H groups in total. The van der Waals surface area contributed by atoms with Crippen LogP contribution in [0.4, 0.5) is 0 Å². The molecule has 2 aromatic rings. The predicted molar refractivity (Wildman–Crippen MR) is 93.5 cm³/mol. The van der Waals surface area contributed by atoms with Crippen molar-refractivity contribution in [2.75, 3.05) is 6.54 Å². The Balaban J connectivity index is 1.64. The van der Waals surface area contributed by atoms with Gasteiger partial charge in [0.15, 0.2) is 0 Å². The molecule has 0 fully saturated rings. The van der Waals surface area contributed by atoms with E-state index in [1.165, 1.54) is 0 Å². The lowest BCUT2D eigenvalue weighted by Crippen LogP contribution is -2.34. The highest BCUT2D eigenvalue weighted by Crippen LogP contribution is 2.18. The molecule has 2 heterocycles. The van der Waals surface area contributed by atoms with Gasteiger partial charge in [-0.25, -0.2) is 0 Å². The number of rotatable bonds is 6. The van der Waals surface area contributed by atoms with E-state index < -0.39 is 11.9 Å². The third-order valence-electron chi connectivity index (χ3n) is 4.65. The molecule has 0 bridgehead atoms. The van der Waals surface area contributed by atoms with Crippen LogP contribution in [0.3, 0.4) is 0 Å². The van der Waals surface area contributed by atoms with E-state index in [4.69, 9.17) is 0 Å². The molecule has 25 heavy (non-hydrogen) atoms. The number of aliphatic carboxylic acids is 1. The van der Waals surface area contributed by atoms with Crippen LogP contribution in [-0.4, -0.2) is 33.3 Å². The van der Waals surface area contributed by atoms with Gasteiger partial charge in [0.25, 0.3) is 5.91 Å².